The number of rotatable bonds is 5. The van der Waals surface area contributed by atoms with Crippen LogP contribution in [0.15, 0.2) is 23.3 Å². The molecule has 0 radical (unpaired) electrons. The highest BCUT2D eigenvalue weighted by molar-refractivity contribution is 6.77. The summed E-state index contributed by atoms with van der Waals surface area (Å²) in [4.78, 5) is 11.7. The first kappa shape index (κ1) is 15.2. The molecule has 16 heavy (non-hydrogen) atoms. The summed E-state index contributed by atoms with van der Waals surface area (Å²) in [6, 6.07) is 0.871. The Morgan fingerprint density at radius 1 is 1.19 bits per heavy atom. The van der Waals surface area contributed by atoms with Crippen LogP contribution in [0.2, 0.25) is 25.7 Å². The van der Waals surface area contributed by atoms with Crippen molar-refractivity contribution < 1.29 is 9.53 Å². The largest absolute Gasteiger partial charge is 0.463 e. The van der Waals surface area contributed by atoms with E-state index in [1.807, 2.05) is 32.9 Å². The molecule has 0 atom stereocenters. The van der Waals surface area contributed by atoms with Crippen molar-refractivity contribution in [1.82, 2.24) is 0 Å². The van der Waals surface area contributed by atoms with E-state index in [2.05, 4.69) is 19.6 Å². The summed E-state index contributed by atoms with van der Waals surface area (Å²) in [7, 11) is -1.28. The second-order valence-electron chi connectivity index (χ2n) is 5.39. The predicted octanol–water partition coefficient (Wildman–Crippen LogP) is 3.78. The normalized spacial score (nSPS) is 12.2. The third-order valence-electron chi connectivity index (χ3n) is 1.88. The second-order valence-corrected chi connectivity index (χ2v) is 10.9. The van der Waals surface area contributed by atoms with Gasteiger partial charge >= 0.3 is 5.97 Å². The van der Waals surface area contributed by atoms with Gasteiger partial charge in [0.2, 0.25) is 0 Å². The molecule has 0 aliphatic heterocycles. The first-order valence-electron chi connectivity index (χ1n) is 5.77. The number of esters is 1. The molecule has 0 fully saturated rings. The van der Waals surface area contributed by atoms with Crippen LogP contribution >= 0.6 is 0 Å². The van der Waals surface area contributed by atoms with Crippen LogP contribution < -0.4 is 0 Å². The molecule has 0 aromatic heterocycles. The van der Waals surface area contributed by atoms with Gasteiger partial charge in [0.25, 0.3) is 0 Å². The standard InChI is InChI=1S/C13H24O2Si/c1-7-15-13(14)12(9-8-11(2)3)10-16(4,5)6/h8-9H,7,10H2,1-6H3/b12-9-. The van der Waals surface area contributed by atoms with Crippen molar-refractivity contribution >= 4 is 14.0 Å². The minimum Gasteiger partial charge on any atom is -0.463 e. The summed E-state index contributed by atoms with van der Waals surface area (Å²) < 4.78 is 5.07. The van der Waals surface area contributed by atoms with Crippen molar-refractivity contribution in [1.29, 1.82) is 0 Å². The molecular formula is C13H24O2Si. The SMILES string of the molecule is CCOC(=O)/C(=C\C=C(C)C)C[Si](C)(C)C. The van der Waals surface area contributed by atoms with Gasteiger partial charge in [0.05, 0.1) is 6.61 Å². The maximum Gasteiger partial charge on any atom is 0.333 e. The molecule has 0 unspecified atom stereocenters. The molecule has 2 nitrogen and oxygen atoms in total. The summed E-state index contributed by atoms with van der Waals surface area (Å²) in [6.07, 6.45) is 3.89. The van der Waals surface area contributed by atoms with Gasteiger partial charge in [0.1, 0.15) is 0 Å². The Balaban J connectivity index is 4.84. The van der Waals surface area contributed by atoms with Crippen LogP contribution in [0.25, 0.3) is 0 Å². The Hall–Kier alpha value is -0.833. The molecule has 92 valence electrons. The average Bonchev–Trinajstić information content (AvgIpc) is 2.10. The van der Waals surface area contributed by atoms with Gasteiger partial charge in [-0.05, 0) is 26.8 Å². The van der Waals surface area contributed by atoms with Gasteiger partial charge < -0.3 is 4.74 Å². The van der Waals surface area contributed by atoms with E-state index in [0.29, 0.717) is 6.61 Å². The van der Waals surface area contributed by atoms with Gasteiger partial charge in [0.15, 0.2) is 0 Å². The van der Waals surface area contributed by atoms with Crippen LogP contribution in [0.4, 0.5) is 0 Å². The zero-order chi connectivity index (χ0) is 12.8. The topological polar surface area (TPSA) is 26.3 Å². The fourth-order valence-corrected chi connectivity index (χ4v) is 2.67. The molecule has 0 aromatic carbocycles. The molecule has 0 N–H and O–H groups in total. The fourth-order valence-electron chi connectivity index (χ4n) is 1.26. The van der Waals surface area contributed by atoms with Crippen molar-refractivity contribution in [3.05, 3.63) is 23.3 Å². The van der Waals surface area contributed by atoms with E-state index in [4.69, 9.17) is 4.74 Å². The first-order valence-corrected chi connectivity index (χ1v) is 9.48. The van der Waals surface area contributed by atoms with Crippen molar-refractivity contribution in [3.8, 4) is 0 Å². The Morgan fingerprint density at radius 2 is 1.75 bits per heavy atom. The van der Waals surface area contributed by atoms with E-state index in [0.717, 1.165) is 11.6 Å². The van der Waals surface area contributed by atoms with Crippen LogP contribution in [0.1, 0.15) is 20.8 Å². The van der Waals surface area contributed by atoms with Crippen molar-refractivity contribution in [3.63, 3.8) is 0 Å². The molecule has 0 aliphatic carbocycles. The lowest BCUT2D eigenvalue weighted by atomic mass is 10.2. The first-order chi connectivity index (χ1) is 7.26. The number of allylic oxidation sites excluding steroid dienone is 3. The van der Waals surface area contributed by atoms with Crippen LogP contribution in [0.5, 0.6) is 0 Å². The molecule has 0 saturated heterocycles. The van der Waals surface area contributed by atoms with E-state index in [1.165, 1.54) is 5.57 Å². The van der Waals surface area contributed by atoms with E-state index in [-0.39, 0.29) is 5.97 Å². The van der Waals surface area contributed by atoms with Gasteiger partial charge in [0, 0.05) is 13.6 Å². The van der Waals surface area contributed by atoms with Crippen molar-refractivity contribution in [2.75, 3.05) is 6.61 Å². The van der Waals surface area contributed by atoms with Crippen LogP contribution in [-0.4, -0.2) is 20.7 Å². The molecular weight excluding hydrogens is 216 g/mol. The molecule has 0 bridgehead atoms. The zero-order valence-corrected chi connectivity index (χ0v) is 12.4. The summed E-state index contributed by atoms with van der Waals surface area (Å²) in [5, 5.41) is 0. The highest BCUT2D eigenvalue weighted by Crippen LogP contribution is 2.18. The summed E-state index contributed by atoms with van der Waals surface area (Å²) in [6.45, 7) is 13.1. The van der Waals surface area contributed by atoms with Gasteiger partial charge in [-0.3, -0.25) is 0 Å². The number of carbonyl (C=O) groups excluding carboxylic acids is 1. The van der Waals surface area contributed by atoms with E-state index in [1.54, 1.807) is 0 Å². The maximum atomic E-state index is 11.7. The highest BCUT2D eigenvalue weighted by Gasteiger charge is 2.20. The quantitative estimate of drug-likeness (QED) is 0.316. The predicted molar refractivity (Wildman–Crippen MR) is 72.3 cm³/mol. The minimum absolute atomic E-state index is 0.164. The number of hydrogen-bond donors (Lipinski definition) is 0. The van der Waals surface area contributed by atoms with Gasteiger partial charge in [-0.15, -0.1) is 0 Å². The maximum absolute atomic E-state index is 11.7. The minimum atomic E-state index is -1.28. The van der Waals surface area contributed by atoms with Crippen molar-refractivity contribution in [2.45, 2.75) is 46.5 Å². The smallest absolute Gasteiger partial charge is 0.333 e. The van der Waals surface area contributed by atoms with Crippen LogP contribution in [-0.2, 0) is 9.53 Å². The summed E-state index contributed by atoms with van der Waals surface area (Å²) in [5.41, 5.74) is 2.00. The Morgan fingerprint density at radius 3 is 2.12 bits per heavy atom. The Kier molecular flexibility index (Phi) is 6.34. The highest BCUT2D eigenvalue weighted by atomic mass is 28.3. The number of ether oxygens (including phenoxy) is 1. The second kappa shape index (κ2) is 6.69. The van der Waals surface area contributed by atoms with Gasteiger partial charge in [-0.25, -0.2) is 4.79 Å². The number of hydrogen-bond acceptors (Lipinski definition) is 2. The van der Waals surface area contributed by atoms with Crippen LogP contribution in [0.3, 0.4) is 0 Å². The molecule has 0 rings (SSSR count). The molecule has 3 heteroatoms. The Bertz CT molecular complexity index is 292. The zero-order valence-electron chi connectivity index (χ0n) is 11.4. The van der Waals surface area contributed by atoms with Crippen LogP contribution in [0, 0.1) is 0 Å². The summed E-state index contributed by atoms with van der Waals surface area (Å²) in [5.74, 6) is -0.164. The monoisotopic (exact) mass is 240 g/mol. The molecule has 0 aliphatic rings. The van der Waals surface area contributed by atoms with E-state index in [9.17, 15) is 4.79 Å². The molecule has 0 spiro atoms. The fraction of sp³-hybridized carbons (Fsp3) is 0.615. The molecule has 0 heterocycles. The third-order valence-corrected chi connectivity index (χ3v) is 3.32. The molecule has 0 aromatic rings. The van der Waals surface area contributed by atoms with Crippen molar-refractivity contribution in [2.24, 2.45) is 0 Å². The number of carbonyl (C=O) groups is 1. The molecule has 0 amide bonds. The van der Waals surface area contributed by atoms with Gasteiger partial charge in [-0.2, -0.15) is 0 Å². The lowest BCUT2D eigenvalue weighted by Crippen LogP contribution is -2.23. The molecule has 0 saturated carbocycles. The lowest BCUT2D eigenvalue weighted by Gasteiger charge is -2.17. The average molecular weight is 240 g/mol. The lowest BCUT2D eigenvalue weighted by molar-refractivity contribution is -0.138. The third kappa shape index (κ3) is 7.46. The van der Waals surface area contributed by atoms with Gasteiger partial charge in [-0.1, -0.05) is 37.4 Å². The van der Waals surface area contributed by atoms with E-state index >= 15 is 0 Å². The Labute approximate surface area is 100 Å². The van der Waals surface area contributed by atoms with E-state index < -0.39 is 8.07 Å². The summed E-state index contributed by atoms with van der Waals surface area (Å²) >= 11 is 0.